The maximum atomic E-state index is 11.2. The zero-order valence-corrected chi connectivity index (χ0v) is 10.8. The minimum absolute atomic E-state index is 0. The van der Waals surface area contributed by atoms with Crippen LogP contribution in [0.4, 0.5) is 0 Å². The average Bonchev–Trinajstić information content (AvgIpc) is 2.62. The highest BCUT2D eigenvalue weighted by molar-refractivity contribution is 8.93. The molecule has 3 nitrogen and oxygen atoms in total. The molecule has 1 N–H and O–H groups in total. The molecular weight excluding hydrogens is 276 g/mol. The standard InChI is InChI=1S/C10H10N2OS.BrH/c1-11-10(13)6-12-7-14-9-5-3-2-4-8(9)12;/h2-5,7H,6H2,1H3;1H/p+1. The van der Waals surface area contributed by atoms with Gasteiger partial charge in [0.15, 0.2) is 0 Å². The molecule has 15 heavy (non-hydrogen) atoms. The predicted molar refractivity (Wildman–Crippen MR) is 66.4 cm³/mol. The van der Waals surface area contributed by atoms with Gasteiger partial charge in [0.05, 0.1) is 0 Å². The molecule has 1 aromatic heterocycles. The molecule has 1 amide bonds. The number of thiazole rings is 1. The minimum atomic E-state index is 0. The topological polar surface area (TPSA) is 33.0 Å². The Morgan fingerprint density at radius 1 is 1.47 bits per heavy atom. The summed E-state index contributed by atoms with van der Waals surface area (Å²) in [6.45, 7) is 0.389. The second-order valence-corrected chi connectivity index (χ2v) is 3.88. The highest BCUT2D eigenvalue weighted by atomic mass is 79.9. The van der Waals surface area contributed by atoms with E-state index in [-0.39, 0.29) is 22.9 Å². The van der Waals surface area contributed by atoms with Crippen molar-refractivity contribution in [3.8, 4) is 0 Å². The van der Waals surface area contributed by atoms with Crippen molar-refractivity contribution in [1.82, 2.24) is 5.32 Å². The van der Waals surface area contributed by atoms with E-state index in [1.807, 2.05) is 28.3 Å². The van der Waals surface area contributed by atoms with E-state index in [2.05, 4.69) is 11.4 Å². The molecule has 0 aliphatic heterocycles. The van der Waals surface area contributed by atoms with Gasteiger partial charge in [0.1, 0.15) is 4.70 Å². The molecule has 0 unspecified atom stereocenters. The number of para-hydroxylation sites is 1. The molecule has 0 atom stereocenters. The Kier molecular flexibility index (Phi) is 4.23. The second kappa shape index (κ2) is 5.23. The lowest BCUT2D eigenvalue weighted by Gasteiger charge is -1.93. The summed E-state index contributed by atoms with van der Waals surface area (Å²) in [6, 6.07) is 8.06. The summed E-state index contributed by atoms with van der Waals surface area (Å²) in [5.74, 6) is 0.0264. The summed E-state index contributed by atoms with van der Waals surface area (Å²) < 4.78 is 3.16. The maximum absolute atomic E-state index is 11.2. The third-order valence-electron chi connectivity index (χ3n) is 2.07. The largest absolute Gasteiger partial charge is 0.354 e. The smallest absolute Gasteiger partial charge is 0.285 e. The lowest BCUT2D eigenvalue weighted by Crippen LogP contribution is -2.40. The van der Waals surface area contributed by atoms with E-state index < -0.39 is 0 Å². The Morgan fingerprint density at radius 3 is 2.93 bits per heavy atom. The van der Waals surface area contributed by atoms with Gasteiger partial charge in [-0.1, -0.05) is 23.5 Å². The van der Waals surface area contributed by atoms with Crippen LogP contribution < -0.4 is 9.88 Å². The van der Waals surface area contributed by atoms with E-state index in [0.717, 1.165) is 5.52 Å². The summed E-state index contributed by atoms with van der Waals surface area (Å²) in [5, 5.41) is 2.61. The van der Waals surface area contributed by atoms with Gasteiger partial charge in [-0.15, -0.1) is 17.0 Å². The van der Waals surface area contributed by atoms with Crippen LogP contribution in [-0.4, -0.2) is 13.0 Å². The molecule has 1 aromatic carbocycles. The molecule has 2 rings (SSSR count). The Bertz CT molecular complexity index is 469. The molecule has 0 fully saturated rings. The van der Waals surface area contributed by atoms with Crippen LogP contribution in [0.3, 0.4) is 0 Å². The van der Waals surface area contributed by atoms with Crippen molar-refractivity contribution in [1.29, 1.82) is 0 Å². The first kappa shape index (κ1) is 12.1. The second-order valence-electron chi connectivity index (χ2n) is 2.99. The quantitative estimate of drug-likeness (QED) is 0.835. The zero-order chi connectivity index (χ0) is 9.97. The number of amides is 1. The third-order valence-corrected chi connectivity index (χ3v) is 3.03. The van der Waals surface area contributed by atoms with Gasteiger partial charge < -0.3 is 5.32 Å². The first-order valence-corrected chi connectivity index (χ1v) is 5.25. The molecule has 5 heteroatoms. The fourth-order valence-electron chi connectivity index (χ4n) is 1.33. The normalized spacial score (nSPS) is 9.67. The number of carbonyl (C=O) groups is 1. The van der Waals surface area contributed by atoms with Crippen LogP contribution in [0.15, 0.2) is 29.8 Å². The monoisotopic (exact) mass is 287 g/mol. The van der Waals surface area contributed by atoms with Crippen molar-refractivity contribution in [3.05, 3.63) is 29.8 Å². The molecule has 0 aliphatic carbocycles. The minimum Gasteiger partial charge on any atom is -0.354 e. The van der Waals surface area contributed by atoms with Crippen LogP contribution in [-0.2, 0) is 11.3 Å². The highest BCUT2D eigenvalue weighted by Crippen LogP contribution is 2.14. The molecule has 0 saturated carbocycles. The predicted octanol–water partition coefficient (Wildman–Crippen LogP) is 1.51. The Hall–Kier alpha value is -0.940. The van der Waals surface area contributed by atoms with E-state index >= 15 is 0 Å². The van der Waals surface area contributed by atoms with E-state index in [1.54, 1.807) is 18.4 Å². The first-order chi connectivity index (χ1) is 6.81. The Morgan fingerprint density at radius 2 is 2.20 bits per heavy atom. The molecule has 0 spiro atoms. The molecule has 0 saturated heterocycles. The lowest BCUT2D eigenvalue weighted by atomic mass is 10.3. The number of hydrogen-bond donors (Lipinski definition) is 1. The number of rotatable bonds is 2. The molecule has 2 aromatic rings. The molecule has 0 aliphatic rings. The van der Waals surface area contributed by atoms with Gasteiger partial charge in [-0.2, -0.15) is 4.57 Å². The number of benzene rings is 1. The van der Waals surface area contributed by atoms with Crippen molar-refractivity contribution < 1.29 is 9.36 Å². The highest BCUT2D eigenvalue weighted by Gasteiger charge is 2.13. The van der Waals surface area contributed by atoms with Crippen LogP contribution in [0.1, 0.15) is 0 Å². The molecule has 1 heterocycles. The fraction of sp³-hybridized carbons (Fsp3) is 0.200. The van der Waals surface area contributed by atoms with Gasteiger partial charge in [-0.25, -0.2) is 0 Å². The summed E-state index contributed by atoms with van der Waals surface area (Å²) in [7, 11) is 1.65. The molecular formula is C10H12BrN2OS+. The van der Waals surface area contributed by atoms with Crippen LogP contribution in [0.5, 0.6) is 0 Å². The number of carbonyl (C=O) groups excluding carboxylic acids is 1. The number of nitrogens with one attached hydrogen (secondary N) is 1. The number of hydrogen-bond acceptors (Lipinski definition) is 2. The summed E-state index contributed by atoms with van der Waals surface area (Å²) in [5.41, 5.74) is 3.08. The number of halogens is 1. The Labute approximate surface area is 103 Å². The van der Waals surface area contributed by atoms with Crippen LogP contribution in [0.25, 0.3) is 10.2 Å². The van der Waals surface area contributed by atoms with Crippen molar-refractivity contribution in [2.75, 3.05) is 7.05 Å². The lowest BCUT2D eigenvalue weighted by molar-refractivity contribution is -0.654. The Balaban J connectivity index is 0.00000112. The van der Waals surface area contributed by atoms with Gasteiger partial charge in [-0.3, -0.25) is 4.79 Å². The fourth-order valence-corrected chi connectivity index (χ4v) is 2.22. The average molecular weight is 288 g/mol. The molecule has 0 bridgehead atoms. The third kappa shape index (κ3) is 2.54. The number of fused-ring (bicyclic) bond motifs is 1. The zero-order valence-electron chi connectivity index (χ0n) is 8.27. The summed E-state index contributed by atoms with van der Waals surface area (Å²) in [6.07, 6.45) is 0. The summed E-state index contributed by atoms with van der Waals surface area (Å²) in [4.78, 5) is 11.2. The number of aromatic nitrogens is 1. The van der Waals surface area contributed by atoms with Crippen molar-refractivity contribution >= 4 is 44.4 Å². The van der Waals surface area contributed by atoms with Gasteiger partial charge in [0.2, 0.25) is 17.6 Å². The molecule has 80 valence electrons. The van der Waals surface area contributed by atoms with E-state index in [4.69, 9.17) is 0 Å². The SMILES string of the molecule is Br.CNC(=O)C[n+]1csc2ccccc21. The van der Waals surface area contributed by atoms with E-state index in [0.29, 0.717) is 6.54 Å². The van der Waals surface area contributed by atoms with Crippen molar-refractivity contribution in [3.63, 3.8) is 0 Å². The number of nitrogens with zero attached hydrogens (tertiary/aromatic N) is 1. The van der Waals surface area contributed by atoms with E-state index in [1.165, 1.54) is 4.70 Å². The van der Waals surface area contributed by atoms with Crippen molar-refractivity contribution in [2.45, 2.75) is 6.54 Å². The summed E-state index contributed by atoms with van der Waals surface area (Å²) >= 11 is 1.65. The van der Waals surface area contributed by atoms with Crippen LogP contribution in [0.2, 0.25) is 0 Å². The van der Waals surface area contributed by atoms with Gasteiger partial charge in [0, 0.05) is 13.1 Å². The van der Waals surface area contributed by atoms with Crippen molar-refractivity contribution in [2.24, 2.45) is 0 Å². The maximum Gasteiger partial charge on any atom is 0.285 e. The van der Waals surface area contributed by atoms with Gasteiger partial charge >= 0.3 is 0 Å². The van der Waals surface area contributed by atoms with E-state index in [9.17, 15) is 4.79 Å². The first-order valence-electron chi connectivity index (χ1n) is 4.37. The van der Waals surface area contributed by atoms with Gasteiger partial charge in [-0.05, 0) is 6.07 Å². The van der Waals surface area contributed by atoms with Crippen LogP contribution in [0, 0.1) is 0 Å². The molecule has 0 radical (unpaired) electrons. The van der Waals surface area contributed by atoms with Gasteiger partial charge in [0.25, 0.3) is 5.91 Å². The number of likely N-dealkylation sites (N-methyl/N-ethyl adjacent to an activating group) is 1. The van der Waals surface area contributed by atoms with Crippen LogP contribution >= 0.6 is 28.3 Å².